The van der Waals surface area contributed by atoms with Crippen molar-refractivity contribution in [2.75, 3.05) is 18.8 Å². The summed E-state index contributed by atoms with van der Waals surface area (Å²) in [6.07, 6.45) is 8.39. The van der Waals surface area contributed by atoms with E-state index in [0.29, 0.717) is 30.0 Å². The lowest BCUT2D eigenvalue weighted by Gasteiger charge is -2.32. The Morgan fingerprint density at radius 1 is 1.27 bits per heavy atom. The van der Waals surface area contributed by atoms with Crippen LogP contribution in [0, 0.1) is 12.8 Å². The molecule has 2 aliphatic rings. The molecule has 2 saturated heterocycles. The molecule has 1 aromatic heterocycles. The number of likely N-dealkylation sites (tertiary alicyclic amines) is 1. The highest BCUT2D eigenvalue weighted by molar-refractivity contribution is 8.77. The molecule has 0 saturated carbocycles. The average molecular weight is 446 g/mol. The van der Waals surface area contributed by atoms with E-state index in [2.05, 4.69) is 28.0 Å². The number of aryl methyl sites for hydroxylation is 1. The standard InChI is InChI=1S/C23H31N3O2S2/c1-17-7-2-4-10-20(17)23-24-21(28-25-23)15-18-8-6-13-26(16-18)22(27)11-5-3-9-19-12-14-29-30-19/h2,4,7,10,18-19H,3,5-6,8-9,11-16H2,1H3/t18-,19-/m1/s1. The Kier molecular flexibility index (Phi) is 7.77. The molecule has 2 atom stereocenters. The van der Waals surface area contributed by atoms with Crippen molar-refractivity contribution >= 4 is 27.5 Å². The summed E-state index contributed by atoms with van der Waals surface area (Å²) < 4.78 is 5.53. The number of benzene rings is 1. The molecule has 1 aromatic carbocycles. The molecule has 4 rings (SSSR count). The van der Waals surface area contributed by atoms with Gasteiger partial charge in [0.25, 0.3) is 0 Å². The molecule has 2 aliphatic heterocycles. The summed E-state index contributed by atoms with van der Waals surface area (Å²) in [4.78, 5) is 19.4. The van der Waals surface area contributed by atoms with Gasteiger partial charge in [-0.3, -0.25) is 4.79 Å². The van der Waals surface area contributed by atoms with Gasteiger partial charge < -0.3 is 9.42 Å². The van der Waals surface area contributed by atoms with Crippen molar-refractivity contribution in [2.45, 2.75) is 63.5 Å². The molecule has 2 fully saturated rings. The van der Waals surface area contributed by atoms with Gasteiger partial charge in [-0.15, -0.1) is 0 Å². The summed E-state index contributed by atoms with van der Waals surface area (Å²) in [5, 5.41) is 4.99. The van der Waals surface area contributed by atoms with Crippen molar-refractivity contribution in [3.05, 3.63) is 35.7 Å². The molecule has 3 heterocycles. The molecule has 0 aliphatic carbocycles. The molecular weight excluding hydrogens is 414 g/mol. The minimum absolute atomic E-state index is 0.319. The predicted molar refractivity (Wildman–Crippen MR) is 124 cm³/mol. The van der Waals surface area contributed by atoms with Gasteiger partial charge in [0.15, 0.2) is 0 Å². The molecule has 0 bridgehead atoms. The van der Waals surface area contributed by atoms with Crippen LogP contribution in [0.4, 0.5) is 0 Å². The number of carbonyl (C=O) groups is 1. The van der Waals surface area contributed by atoms with Gasteiger partial charge >= 0.3 is 0 Å². The first-order chi connectivity index (χ1) is 14.7. The van der Waals surface area contributed by atoms with Crippen molar-refractivity contribution in [1.29, 1.82) is 0 Å². The maximum absolute atomic E-state index is 12.7. The lowest BCUT2D eigenvalue weighted by Crippen LogP contribution is -2.40. The Bertz CT molecular complexity index is 835. The van der Waals surface area contributed by atoms with Crippen LogP contribution in [0.1, 0.15) is 56.4 Å². The van der Waals surface area contributed by atoms with Gasteiger partial charge in [-0.05, 0) is 50.5 Å². The second kappa shape index (κ2) is 10.7. The molecule has 5 nitrogen and oxygen atoms in total. The van der Waals surface area contributed by atoms with Crippen LogP contribution >= 0.6 is 21.6 Å². The van der Waals surface area contributed by atoms with Gasteiger partial charge in [0.2, 0.25) is 17.6 Å². The van der Waals surface area contributed by atoms with Crippen LogP contribution in [0.3, 0.4) is 0 Å². The Labute approximate surface area is 187 Å². The molecule has 1 amide bonds. The highest BCUT2D eigenvalue weighted by Gasteiger charge is 2.25. The molecule has 2 aromatic rings. The Morgan fingerprint density at radius 3 is 3.00 bits per heavy atom. The van der Waals surface area contributed by atoms with Crippen LogP contribution in [0.15, 0.2) is 28.8 Å². The van der Waals surface area contributed by atoms with Gasteiger partial charge in [-0.1, -0.05) is 57.4 Å². The monoisotopic (exact) mass is 445 g/mol. The van der Waals surface area contributed by atoms with Crippen molar-refractivity contribution in [1.82, 2.24) is 15.0 Å². The number of rotatable bonds is 8. The fraction of sp³-hybridized carbons (Fsp3) is 0.609. The Balaban J connectivity index is 1.24. The highest BCUT2D eigenvalue weighted by atomic mass is 33.1. The first-order valence-corrected chi connectivity index (χ1v) is 13.5. The lowest BCUT2D eigenvalue weighted by molar-refractivity contribution is -0.133. The number of amides is 1. The number of aromatic nitrogens is 2. The van der Waals surface area contributed by atoms with Gasteiger partial charge in [0.1, 0.15) is 0 Å². The summed E-state index contributed by atoms with van der Waals surface area (Å²) in [6.45, 7) is 3.76. The number of unbranched alkanes of at least 4 members (excludes halogenated alkanes) is 1. The Hall–Kier alpha value is -1.47. The molecule has 0 N–H and O–H groups in total. The van der Waals surface area contributed by atoms with Crippen LogP contribution < -0.4 is 0 Å². The predicted octanol–water partition coefficient (Wildman–Crippen LogP) is 5.54. The Morgan fingerprint density at radius 2 is 2.17 bits per heavy atom. The fourth-order valence-electron chi connectivity index (χ4n) is 4.35. The highest BCUT2D eigenvalue weighted by Crippen LogP contribution is 2.40. The number of nitrogens with zero attached hydrogens (tertiary/aromatic N) is 3. The van der Waals surface area contributed by atoms with E-state index in [1.54, 1.807) is 0 Å². The van der Waals surface area contributed by atoms with Gasteiger partial charge in [0.05, 0.1) is 0 Å². The van der Waals surface area contributed by atoms with Crippen LogP contribution in [0.25, 0.3) is 11.4 Å². The number of hydrogen-bond acceptors (Lipinski definition) is 6. The molecule has 0 spiro atoms. The zero-order valence-electron chi connectivity index (χ0n) is 17.7. The molecule has 7 heteroatoms. The van der Waals surface area contributed by atoms with Crippen LogP contribution in [-0.2, 0) is 11.2 Å². The molecule has 0 radical (unpaired) electrons. The second-order valence-electron chi connectivity index (χ2n) is 8.45. The quantitative estimate of drug-likeness (QED) is 0.393. The first-order valence-electron chi connectivity index (χ1n) is 11.1. The van der Waals surface area contributed by atoms with E-state index in [0.717, 1.165) is 55.1 Å². The molecule has 30 heavy (non-hydrogen) atoms. The third-order valence-electron chi connectivity index (χ3n) is 6.08. The molecular formula is C23H31N3O2S2. The number of carbonyl (C=O) groups excluding carboxylic acids is 1. The van der Waals surface area contributed by atoms with E-state index in [9.17, 15) is 4.79 Å². The number of piperidine rings is 1. The van der Waals surface area contributed by atoms with E-state index in [4.69, 9.17) is 4.52 Å². The SMILES string of the molecule is Cc1ccccc1-c1noc(C[C@H]2CCCN(C(=O)CCCC[C@@H]3CCSS3)C2)n1. The normalized spacial score (nSPS) is 21.8. The van der Waals surface area contributed by atoms with Crippen molar-refractivity contribution < 1.29 is 9.32 Å². The lowest BCUT2D eigenvalue weighted by atomic mass is 9.94. The first kappa shape index (κ1) is 21.8. The third-order valence-corrected chi connectivity index (χ3v) is 9.09. The van der Waals surface area contributed by atoms with E-state index in [1.807, 2.05) is 39.8 Å². The van der Waals surface area contributed by atoms with E-state index in [-0.39, 0.29) is 0 Å². The maximum atomic E-state index is 12.7. The van der Waals surface area contributed by atoms with E-state index in [1.165, 1.54) is 25.0 Å². The molecule has 0 unspecified atom stereocenters. The van der Waals surface area contributed by atoms with E-state index >= 15 is 0 Å². The third kappa shape index (κ3) is 5.82. The van der Waals surface area contributed by atoms with Crippen molar-refractivity contribution in [2.24, 2.45) is 5.92 Å². The topological polar surface area (TPSA) is 59.2 Å². The van der Waals surface area contributed by atoms with E-state index < -0.39 is 0 Å². The summed E-state index contributed by atoms with van der Waals surface area (Å²) in [5.74, 6) is 3.35. The van der Waals surface area contributed by atoms with Gasteiger partial charge in [-0.2, -0.15) is 4.98 Å². The zero-order chi connectivity index (χ0) is 20.8. The average Bonchev–Trinajstić information content (AvgIpc) is 3.44. The largest absolute Gasteiger partial charge is 0.342 e. The number of hydrogen-bond donors (Lipinski definition) is 0. The van der Waals surface area contributed by atoms with Gasteiger partial charge in [-0.25, -0.2) is 0 Å². The summed E-state index contributed by atoms with van der Waals surface area (Å²) >= 11 is 0. The zero-order valence-corrected chi connectivity index (χ0v) is 19.3. The molecule has 162 valence electrons. The smallest absolute Gasteiger partial charge is 0.227 e. The second-order valence-corrected chi connectivity index (χ2v) is 11.2. The fourth-order valence-corrected chi connectivity index (χ4v) is 7.37. The minimum Gasteiger partial charge on any atom is -0.342 e. The van der Waals surface area contributed by atoms with Crippen molar-refractivity contribution in [3.63, 3.8) is 0 Å². The summed E-state index contributed by atoms with van der Waals surface area (Å²) in [6, 6.07) is 8.09. The maximum Gasteiger partial charge on any atom is 0.227 e. The van der Waals surface area contributed by atoms with Crippen LogP contribution in [0.2, 0.25) is 0 Å². The minimum atomic E-state index is 0.319. The van der Waals surface area contributed by atoms with Crippen LogP contribution in [-0.4, -0.2) is 45.0 Å². The summed E-state index contributed by atoms with van der Waals surface area (Å²) in [5.41, 5.74) is 2.16. The van der Waals surface area contributed by atoms with Gasteiger partial charge in [0, 0.05) is 42.5 Å². The summed E-state index contributed by atoms with van der Waals surface area (Å²) in [7, 11) is 4.03. The van der Waals surface area contributed by atoms with Crippen molar-refractivity contribution in [3.8, 4) is 11.4 Å². The van der Waals surface area contributed by atoms with Crippen LogP contribution in [0.5, 0.6) is 0 Å².